The van der Waals surface area contributed by atoms with Gasteiger partial charge in [-0.25, -0.2) is 9.59 Å². The van der Waals surface area contributed by atoms with Gasteiger partial charge in [-0.3, -0.25) is 9.69 Å². The Morgan fingerprint density at radius 2 is 1.55 bits per heavy atom. The van der Waals surface area contributed by atoms with E-state index in [4.69, 9.17) is 28.4 Å². The number of carbonyl (C=O) groups excluding carboxylic acids is 3. The third-order valence-corrected chi connectivity index (χ3v) is 6.76. The number of likely N-dealkylation sites (tertiary alicyclic amines) is 1. The van der Waals surface area contributed by atoms with Crippen molar-refractivity contribution in [2.45, 2.75) is 103 Å². The van der Waals surface area contributed by atoms with Crippen molar-refractivity contribution >= 4 is 18.2 Å². The molecule has 2 fully saturated rings. The van der Waals surface area contributed by atoms with Gasteiger partial charge in [0.05, 0.1) is 19.7 Å². The molecule has 3 atom stereocenters. The van der Waals surface area contributed by atoms with Crippen molar-refractivity contribution in [1.29, 1.82) is 0 Å². The number of amides is 1. The number of rotatable bonds is 8. The van der Waals surface area contributed by atoms with E-state index in [1.807, 2.05) is 24.3 Å². The average molecular weight is 564 g/mol. The molecule has 0 aromatic heterocycles. The van der Waals surface area contributed by atoms with Crippen LogP contribution in [0.15, 0.2) is 24.3 Å². The summed E-state index contributed by atoms with van der Waals surface area (Å²) in [4.78, 5) is 40.6. The lowest BCUT2D eigenvalue weighted by Gasteiger charge is -2.30. The van der Waals surface area contributed by atoms with Gasteiger partial charge < -0.3 is 28.4 Å². The first-order chi connectivity index (χ1) is 18.7. The van der Waals surface area contributed by atoms with Crippen molar-refractivity contribution in [2.24, 2.45) is 5.92 Å². The van der Waals surface area contributed by atoms with Crippen LogP contribution in [0.3, 0.4) is 0 Å². The molecule has 0 N–H and O–H groups in total. The lowest BCUT2D eigenvalue weighted by Crippen LogP contribution is -2.45. The highest BCUT2D eigenvalue weighted by Gasteiger charge is 2.50. The fourth-order valence-corrected chi connectivity index (χ4v) is 4.84. The fourth-order valence-electron chi connectivity index (χ4n) is 4.84. The van der Waals surface area contributed by atoms with Crippen LogP contribution < -0.4 is 4.74 Å². The van der Waals surface area contributed by atoms with Crippen molar-refractivity contribution < 1.29 is 42.8 Å². The zero-order valence-electron chi connectivity index (χ0n) is 24.9. The predicted octanol–water partition coefficient (Wildman–Crippen LogP) is 5.30. The molecule has 0 radical (unpaired) electrons. The molecule has 1 amide bonds. The number of ether oxygens (including phenoxy) is 6. The van der Waals surface area contributed by atoms with Gasteiger partial charge in [-0.2, -0.15) is 0 Å². The lowest BCUT2D eigenvalue weighted by atomic mass is 9.95. The second kappa shape index (κ2) is 13.6. The zero-order valence-corrected chi connectivity index (χ0v) is 24.9. The average Bonchev–Trinajstić information content (AvgIpc) is 3.18. The first-order valence-corrected chi connectivity index (χ1v) is 14.0. The van der Waals surface area contributed by atoms with Crippen molar-refractivity contribution in [3.8, 4) is 5.75 Å². The SMILES string of the molecule is COc1ccc(C[C@@H]2[C@H](OC(=O)CCC3CCOCC3)[C@@H](OC(=O)OC(C)(C)C)CN2C(=O)OC(C)(C)C)cc1. The highest BCUT2D eigenvalue weighted by molar-refractivity contribution is 5.72. The monoisotopic (exact) mass is 563 g/mol. The Balaban J connectivity index is 1.86. The van der Waals surface area contributed by atoms with E-state index in [0.29, 0.717) is 37.7 Å². The summed E-state index contributed by atoms with van der Waals surface area (Å²) < 4.78 is 33.4. The predicted molar refractivity (Wildman–Crippen MR) is 147 cm³/mol. The number of hydrogen-bond acceptors (Lipinski definition) is 9. The zero-order chi connectivity index (χ0) is 29.5. The van der Waals surface area contributed by atoms with E-state index in [1.54, 1.807) is 48.7 Å². The summed E-state index contributed by atoms with van der Waals surface area (Å²) in [6.45, 7) is 11.9. The molecule has 3 rings (SSSR count). The first-order valence-electron chi connectivity index (χ1n) is 14.0. The summed E-state index contributed by atoms with van der Waals surface area (Å²) >= 11 is 0. The lowest BCUT2D eigenvalue weighted by molar-refractivity contribution is -0.156. The molecule has 1 aromatic carbocycles. The van der Waals surface area contributed by atoms with Crippen LogP contribution in [0.2, 0.25) is 0 Å². The second-order valence-electron chi connectivity index (χ2n) is 12.4. The maximum atomic E-state index is 13.3. The molecule has 0 saturated carbocycles. The van der Waals surface area contributed by atoms with Gasteiger partial charge in [0.2, 0.25) is 0 Å². The fraction of sp³-hybridized carbons (Fsp3) is 0.700. The molecule has 2 aliphatic rings. The molecule has 10 heteroatoms. The van der Waals surface area contributed by atoms with Crippen molar-refractivity contribution in [1.82, 2.24) is 4.90 Å². The third-order valence-electron chi connectivity index (χ3n) is 6.76. The van der Waals surface area contributed by atoms with Gasteiger partial charge in [-0.05, 0) is 90.8 Å². The Morgan fingerprint density at radius 3 is 2.12 bits per heavy atom. The maximum Gasteiger partial charge on any atom is 0.509 e. The Kier molecular flexibility index (Phi) is 10.7. The largest absolute Gasteiger partial charge is 0.509 e. The molecule has 0 bridgehead atoms. The smallest absolute Gasteiger partial charge is 0.497 e. The minimum atomic E-state index is -0.933. The normalized spacial score (nSPS) is 22.0. The molecule has 1 aromatic rings. The Morgan fingerprint density at radius 1 is 0.925 bits per heavy atom. The molecule has 2 heterocycles. The van der Waals surface area contributed by atoms with Crippen LogP contribution in [-0.4, -0.2) is 79.4 Å². The topological polar surface area (TPSA) is 110 Å². The molecule has 0 spiro atoms. The van der Waals surface area contributed by atoms with Gasteiger partial charge in [0.1, 0.15) is 17.0 Å². The Hall–Kier alpha value is -3.01. The number of hydrogen-bond donors (Lipinski definition) is 0. The van der Waals surface area contributed by atoms with E-state index in [-0.39, 0.29) is 13.0 Å². The number of methoxy groups -OCH3 is 1. The van der Waals surface area contributed by atoms with Gasteiger partial charge in [0, 0.05) is 19.6 Å². The molecule has 10 nitrogen and oxygen atoms in total. The van der Waals surface area contributed by atoms with Gasteiger partial charge in [-0.15, -0.1) is 0 Å². The van der Waals surface area contributed by atoms with E-state index in [0.717, 1.165) is 18.4 Å². The van der Waals surface area contributed by atoms with Crippen LogP contribution in [0.1, 0.15) is 72.8 Å². The standard InChI is InChI=1S/C30H45NO9/c1-29(2,3)39-27(33)31-19-24(37-28(34)40-30(4,5)6)26(23(31)18-21-8-11-22(35-7)12-9-21)38-25(32)13-10-20-14-16-36-17-15-20/h8-9,11-12,20,23-24,26H,10,13-19H2,1-7H3/t23-,24+,26+/m1/s1. The van der Waals surface area contributed by atoms with Crippen LogP contribution in [-0.2, 0) is 34.9 Å². The molecular formula is C30H45NO9. The van der Waals surface area contributed by atoms with Gasteiger partial charge in [0.15, 0.2) is 12.2 Å². The number of benzene rings is 1. The van der Waals surface area contributed by atoms with E-state index >= 15 is 0 Å². The van der Waals surface area contributed by atoms with Gasteiger partial charge >= 0.3 is 18.2 Å². The van der Waals surface area contributed by atoms with Crippen molar-refractivity contribution in [3.63, 3.8) is 0 Å². The van der Waals surface area contributed by atoms with Gasteiger partial charge in [-0.1, -0.05) is 12.1 Å². The number of nitrogens with zero attached hydrogens (tertiary/aromatic N) is 1. The van der Waals surface area contributed by atoms with Crippen LogP contribution in [0, 0.1) is 5.92 Å². The quantitative estimate of drug-likeness (QED) is 0.307. The molecule has 40 heavy (non-hydrogen) atoms. The highest BCUT2D eigenvalue weighted by Crippen LogP contribution is 2.31. The molecule has 0 unspecified atom stereocenters. The Labute approximate surface area is 237 Å². The summed E-state index contributed by atoms with van der Waals surface area (Å²) in [6.07, 6.45) is -0.245. The molecule has 2 aliphatic heterocycles. The third kappa shape index (κ3) is 9.87. The van der Waals surface area contributed by atoms with Gasteiger partial charge in [0.25, 0.3) is 0 Å². The molecule has 2 saturated heterocycles. The number of carbonyl (C=O) groups is 3. The van der Waals surface area contributed by atoms with E-state index in [1.165, 1.54) is 4.90 Å². The summed E-state index contributed by atoms with van der Waals surface area (Å²) in [5.74, 6) is 0.688. The minimum Gasteiger partial charge on any atom is -0.497 e. The maximum absolute atomic E-state index is 13.3. The summed E-state index contributed by atoms with van der Waals surface area (Å²) in [6, 6.07) is 6.79. The molecular weight excluding hydrogens is 518 g/mol. The van der Waals surface area contributed by atoms with Crippen LogP contribution in [0.25, 0.3) is 0 Å². The van der Waals surface area contributed by atoms with Crippen LogP contribution in [0.5, 0.6) is 5.75 Å². The van der Waals surface area contributed by atoms with Crippen LogP contribution >= 0.6 is 0 Å². The van der Waals surface area contributed by atoms with E-state index in [2.05, 4.69) is 0 Å². The molecule has 224 valence electrons. The second-order valence-corrected chi connectivity index (χ2v) is 12.4. The van der Waals surface area contributed by atoms with E-state index < -0.39 is 47.7 Å². The van der Waals surface area contributed by atoms with Crippen molar-refractivity contribution in [3.05, 3.63) is 29.8 Å². The summed E-state index contributed by atoms with van der Waals surface area (Å²) in [5.41, 5.74) is -0.638. The van der Waals surface area contributed by atoms with E-state index in [9.17, 15) is 14.4 Å². The minimum absolute atomic E-state index is 0.00706. The highest BCUT2D eigenvalue weighted by atomic mass is 16.7. The van der Waals surface area contributed by atoms with Crippen LogP contribution in [0.4, 0.5) is 9.59 Å². The van der Waals surface area contributed by atoms with Crippen molar-refractivity contribution in [2.75, 3.05) is 26.9 Å². The summed E-state index contributed by atoms with van der Waals surface area (Å²) in [5, 5.41) is 0. The Bertz CT molecular complexity index is 990. The number of esters is 1. The first kappa shape index (κ1) is 31.5. The molecule has 0 aliphatic carbocycles. The summed E-state index contributed by atoms with van der Waals surface area (Å²) in [7, 11) is 1.59.